The molecule has 0 spiro atoms. The standard InChI is InChI=1S/C23H24N4O2/c1-22(18-6-3-5-15(13-18)14-24)19(20(28)27(2)21(25)26-22)16-7-9-17(10-8-16)23(29)11-4-12-23/h3,5-10,13,19,29H,4,11-12H2,1-2H3,(H2,25,26)/t19?,22-/m1/s1. The lowest BCUT2D eigenvalue weighted by atomic mass is 9.71. The second-order valence-electron chi connectivity index (χ2n) is 8.21. The van der Waals surface area contributed by atoms with Crippen LogP contribution in [0.3, 0.4) is 0 Å². The van der Waals surface area contributed by atoms with Gasteiger partial charge in [-0.15, -0.1) is 0 Å². The molecular formula is C23H24N4O2. The maximum Gasteiger partial charge on any atom is 0.239 e. The molecule has 0 radical (unpaired) electrons. The molecule has 1 unspecified atom stereocenters. The third-order valence-corrected chi connectivity index (χ3v) is 6.42. The van der Waals surface area contributed by atoms with E-state index in [4.69, 9.17) is 5.41 Å². The van der Waals surface area contributed by atoms with E-state index in [-0.39, 0.29) is 11.9 Å². The molecule has 4 rings (SSSR count). The fraction of sp³-hybridized carbons (Fsp3) is 0.348. The Kier molecular flexibility index (Phi) is 4.44. The van der Waals surface area contributed by atoms with Crippen LogP contribution in [0.2, 0.25) is 0 Å². The number of aliphatic hydroxyl groups is 1. The van der Waals surface area contributed by atoms with Crippen LogP contribution in [0.5, 0.6) is 0 Å². The van der Waals surface area contributed by atoms with Gasteiger partial charge in [0, 0.05) is 7.05 Å². The minimum Gasteiger partial charge on any atom is -0.385 e. The number of amides is 1. The summed E-state index contributed by atoms with van der Waals surface area (Å²) in [6.07, 6.45) is 2.53. The smallest absolute Gasteiger partial charge is 0.239 e. The molecule has 1 aliphatic heterocycles. The maximum atomic E-state index is 13.3. The fourth-order valence-corrected chi connectivity index (χ4v) is 4.37. The minimum atomic E-state index is -0.886. The van der Waals surface area contributed by atoms with E-state index in [1.807, 2.05) is 37.3 Å². The highest BCUT2D eigenvalue weighted by Gasteiger charge is 2.48. The van der Waals surface area contributed by atoms with Crippen molar-refractivity contribution in [2.45, 2.75) is 43.2 Å². The van der Waals surface area contributed by atoms with Crippen molar-refractivity contribution >= 4 is 11.9 Å². The van der Waals surface area contributed by atoms with Crippen LogP contribution in [-0.4, -0.2) is 28.9 Å². The SMILES string of the molecule is CN1C(=N)N[C@](C)(c2cccc(C#N)c2)C(c2ccc(C3(O)CCC3)cc2)C1=O. The zero-order valence-electron chi connectivity index (χ0n) is 16.6. The summed E-state index contributed by atoms with van der Waals surface area (Å²) in [4.78, 5) is 14.6. The molecule has 3 N–H and O–H groups in total. The van der Waals surface area contributed by atoms with Gasteiger partial charge in [0.05, 0.1) is 28.7 Å². The molecule has 2 aliphatic rings. The molecule has 29 heavy (non-hydrogen) atoms. The molecule has 2 fully saturated rings. The van der Waals surface area contributed by atoms with Crippen LogP contribution in [-0.2, 0) is 15.9 Å². The molecular weight excluding hydrogens is 364 g/mol. The Morgan fingerprint density at radius 2 is 1.90 bits per heavy atom. The topological polar surface area (TPSA) is 100 Å². The molecule has 1 aliphatic carbocycles. The lowest BCUT2D eigenvalue weighted by Gasteiger charge is -2.46. The summed E-state index contributed by atoms with van der Waals surface area (Å²) in [6.45, 7) is 1.89. The monoisotopic (exact) mass is 388 g/mol. The Hall–Kier alpha value is -3.17. The first-order valence-corrected chi connectivity index (χ1v) is 9.76. The van der Waals surface area contributed by atoms with Gasteiger partial charge in [0.1, 0.15) is 0 Å². The first-order chi connectivity index (χ1) is 13.8. The van der Waals surface area contributed by atoms with E-state index in [2.05, 4.69) is 11.4 Å². The average molecular weight is 388 g/mol. The average Bonchev–Trinajstić information content (AvgIpc) is 2.71. The molecule has 0 aromatic heterocycles. The third-order valence-electron chi connectivity index (χ3n) is 6.42. The van der Waals surface area contributed by atoms with Crippen molar-refractivity contribution in [3.63, 3.8) is 0 Å². The number of hydrogen-bond acceptors (Lipinski definition) is 4. The third kappa shape index (κ3) is 2.99. The Morgan fingerprint density at radius 1 is 1.21 bits per heavy atom. The quantitative estimate of drug-likeness (QED) is 0.753. The van der Waals surface area contributed by atoms with E-state index < -0.39 is 17.1 Å². The van der Waals surface area contributed by atoms with E-state index in [1.54, 1.807) is 25.2 Å². The number of carbonyl (C=O) groups excluding carboxylic acids is 1. The van der Waals surface area contributed by atoms with E-state index in [0.717, 1.165) is 36.0 Å². The van der Waals surface area contributed by atoms with Crippen LogP contribution < -0.4 is 5.32 Å². The minimum absolute atomic E-state index is 0.0245. The summed E-state index contributed by atoms with van der Waals surface area (Å²) in [5, 5.41) is 31.3. The number of carbonyl (C=O) groups is 1. The number of guanidine groups is 1. The van der Waals surface area contributed by atoms with E-state index in [0.29, 0.717) is 5.56 Å². The molecule has 1 saturated heterocycles. The van der Waals surface area contributed by atoms with Gasteiger partial charge < -0.3 is 10.4 Å². The van der Waals surface area contributed by atoms with Gasteiger partial charge in [0.25, 0.3) is 0 Å². The number of nitrogens with one attached hydrogen (secondary N) is 2. The number of likely N-dealkylation sites (N-methyl/N-ethyl adjacent to an activating group) is 1. The second kappa shape index (κ2) is 6.71. The summed E-state index contributed by atoms with van der Waals surface area (Å²) >= 11 is 0. The van der Waals surface area contributed by atoms with E-state index >= 15 is 0 Å². The van der Waals surface area contributed by atoms with Gasteiger partial charge in [-0.1, -0.05) is 36.4 Å². The van der Waals surface area contributed by atoms with Gasteiger partial charge in [-0.2, -0.15) is 5.26 Å². The van der Waals surface area contributed by atoms with Crippen molar-refractivity contribution < 1.29 is 9.90 Å². The largest absolute Gasteiger partial charge is 0.385 e. The van der Waals surface area contributed by atoms with Gasteiger partial charge in [-0.05, 0) is 55.0 Å². The Morgan fingerprint density at radius 3 is 2.48 bits per heavy atom. The molecule has 2 aromatic carbocycles. The van der Waals surface area contributed by atoms with Gasteiger partial charge in [-0.3, -0.25) is 15.1 Å². The van der Waals surface area contributed by atoms with Crippen LogP contribution in [0, 0.1) is 16.7 Å². The lowest BCUT2D eigenvalue weighted by Crippen LogP contribution is -2.62. The molecule has 1 heterocycles. The number of nitriles is 1. The maximum absolute atomic E-state index is 13.3. The highest BCUT2D eigenvalue weighted by molar-refractivity contribution is 6.02. The van der Waals surface area contributed by atoms with Gasteiger partial charge >= 0.3 is 0 Å². The van der Waals surface area contributed by atoms with Gasteiger partial charge in [0.15, 0.2) is 5.96 Å². The molecule has 6 heteroatoms. The van der Waals surface area contributed by atoms with Crippen molar-refractivity contribution in [1.82, 2.24) is 10.2 Å². The second-order valence-corrected chi connectivity index (χ2v) is 8.21. The zero-order chi connectivity index (χ0) is 20.8. The van der Waals surface area contributed by atoms with Gasteiger partial charge in [0.2, 0.25) is 5.91 Å². The molecule has 0 bridgehead atoms. The van der Waals surface area contributed by atoms with Crippen molar-refractivity contribution in [3.05, 3.63) is 70.8 Å². The number of benzene rings is 2. The Balaban J connectivity index is 1.79. The molecule has 1 saturated carbocycles. The van der Waals surface area contributed by atoms with Crippen LogP contribution in [0.4, 0.5) is 0 Å². The summed E-state index contributed by atoms with van der Waals surface area (Å²) in [5.74, 6) is -0.745. The Labute approximate surface area is 170 Å². The summed E-state index contributed by atoms with van der Waals surface area (Å²) in [6, 6.07) is 16.9. The highest BCUT2D eigenvalue weighted by Crippen LogP contribution is 2.44. The molecule has 1 amide bonds. The molecule has 2 atom stereocenters. The summed E-state index contributed by atoms with van der Waals surface area (Å²) < 4.78 is 0. The normalized spacial score (nSPS) is 25.7. The first kappa shape index (κ1) is 19.2. The summed E-state index contributed by atoms with van der Waals surface area (Å²) in [5.41, 5.74) is 1.31. The van der Waals surface area contributed by atoms with Gasteiger partial charge in [-0.25, -0.2) is 0 Å². The molecule has 6 nitrogen and oxygen atoms in total. The van der Waals surface area contributed by atoms with E-state index in [9.17, 15) is 15.2 Å². The Bertz CT molecular complexity index is 1020. The predicted molar refractivity (Wildman–Crippen MR) is 109 cm³/mol. The number of rotatable bonds is 3. The van der Waals surface area contributed by atoms with Crippen LogP contribution in [0.1, 0.15) is 54.4 Å². The fourth-order valence-electron chi connectivity index (χ4n) is 4.37. The lowest BCUT2D eigenvalue weighted by molar-refractivity contribution is -0.131. The van der Waals surface area contributed by atoms with Crippen molar-refractivity contribution in [2.75, 3.05) is 7.05 Å². The van der Waals surface area contributed by atoms with Crippen molar-refractivity contribution in [2.24, 2.45) is 0 Å². The van der Waals surface area contributed by atoms with Crippen LogP contribution in [0.15, 0.2) is 48.5 Å². The molecule has 148 valence electrons. The van der Waals surface area contributed by atoms with E-state index in [1.165, 1.54) is 4.90 Å². The highest BCUT2D eigenvalue weighted by atomic mass is 16.3. The first-order valence-electron chi connectivity index (χ1n) is 9.76. The molecule has 2 aromatic rings. The number of hydrogen-bond donors (Lipinski definition) is 3. The van der Waals surface area contributed by atoms with Crippen molar-refractivity contribution in [1.29, 1.82) is 10.7 Å². The van der Waals surface area contributed by atoms with Crippen LogP contribution in [0.25, 0.3) is 0 Å². The predicted octanol–water partition coefficient (Wildman–Crippen LogP) is 2.93. The number of nitrogens with zero attached hydrogens (tertiary/aromatic N) is 2. The zero-order valence-corrected chi connectivity index (χ0v) is 16.6. The van der Waals surface area contributed by atoms with Crippen molar-refractivity contribution in [3.8, 4) is 6.07 Å². The van der Waals surface area contributed by atoms with Crippen LogP contribution >= 0.6 is 0 Å². The summed E-state index contributed by atoms with van der Waals surface area (Å²) in [7, 11) is 1.58.